The third kappa shape index (κ3) is 4.37. The summed E-state index contributed by atoms with van der Waals surface area (Å²) in [6.45, 7) is 5.81. The van der Waals surface area contributed by atoms with Gasteiger partial charge >= 0.3 is 0 Å². The molecule has 2 N–H and O–H groups in total. The van der Waals surface area contributed by atoms with Crippen molar-refractivity contribution in [2.24, 2.45) is 4.99 Å². The smallest absolute Gasteiger partial charge is 0.193 e. The first-order valence-corrected chi connectivity index (χ1v) is 8.77. The van der Waals surface area contributed by atoms with E-state index < -0.39 is 0 Å². The van der Waals surface area contributed by atoms with Crippen molar-refractivity contribution in [2.75, 3.05) is 26.2 Å². The van der Waals surface area contributed by atoms with Crippen LogP contribution in [0.5, 0.6) is 0 Å². The Hall–Kier alpha value is -2.31. The average molecular weight is 330 g/mol. The van der Waals surface area contributed by atoms with Gasteiger partial charge in [-0.2, -0.15) is 5.10 Å². The van der Waals surface area contributed by atoms with Gasteiger partial charge in [0.25, 0.3) is 0 Å². The predicted molar refractivity (Wildman–Crippen MR) is 92.9 cm³/mol. The Balaban J connectivity index is 1.52. The molecule has 2 aromatic heterocycles. The molecule has 0 bridgehead atoms. The maximum Gasteiger partial charge on any atom is 0.193 e. The predicted octanol–water partition coefficient (Wildman–Crippen LogP) is 2.18. The molecule has 1 saturated heterocycles. The highest BCUT2D eigenvalue weighted by Gasteiger charge is 2.24. The Morgan fingerprint density at radius 1 is 1.46 bits per heavy atom. The molecule has 0 aliphatic carbocycles. The largest absolute Gasteiger partial charge is 0.469 e. The van der Waals surface area contributed by atoms with Crippen molar-refractivity contribution >= 4 is 5.96 Å². The Labute approximate surface area is 142 Å². The second kappa shape index (κ2) is 8.52. The van der Waals surface area contributed by atoms with Gasteiger partial charge in [-0.25, -0.2) is 4.98 Å². The van der Waals surface area contributed by atoms with Crippen LogP contribution in [0.2, 0.25) is 0 Å². The molecule has 0 atom stereocenters. The van der Waals surface area contributed by atoms with Crippen LogP contribution in [0.15, 0.2) is 34.1 Å². The number of H-pyrrole nitrogens is 1. The maximum absolute atomic E-state index is 5.39. The minimum Gasteiger partial charge on any atom is -0.469 e. The molecular formula is C17H26N6O. The van der Waals surface area contributed by atoms with E-state index in [1.807, 2.05) is 12.1 Å². The zero-order chi connectivity index (χ0) is 16.6. The molecule has 0 aromatic carbocycles. The monoisotopic (exact) mass is 330 g/mol. The van der Waals surface area contributed by atoms with Gasteiger partial charge < -0.3 is 14.6 Å². The molecule has 3 heterocycles. The summed E-state index contributed by atoms with van der Waals surface area (Å²) in [5.74, 6) is 3.49. The van der Waals surface area contributed by atoms with Crippen LogP contribution in [0.1, 0.15) is 43.7 Å². The van der Waals surface area contributed by atoms with Crippen molar-refractivity contribution in [2.45, 2.75) is 38.5 Å². The highest BCUT2D eigenvalue weighted by Crippen LogP contribution is 2.24. The van der Waals surface area contributed by atoms with E-state index in [2.05, 4.69) is 32.3 Å². The SMILES string of the molecule is CCCN=C(NCCc1ccco1)N1CCC(c2ncn[nH]2)CC1. The van der Waals surface area contributed by atoms with Gasteiger partial charge in [0.15, 0.2) is 5.96 Å². The minimum atomic E-state index is 0.472. The lowest BCUT2D eigenvalue weighted by molar-refractivity contribution is 0.298. The summed E-state index contributed by atoms with van der Waals surface area (Å²) in [6.07, 6.45) is 7.37. The van der Waals surface area contributed by atoms with Crippen LogP contribution in [0.4, 0.5) is 0 Å². The molecule has 130 valence electrons. The topological polar surface area (TPSA) is 82.3 Å². The fraction of sp³-hybridized carbons (Fsp3) is 0.588. The van der Waals surface area contributed by atoms with E-state index in [0.29, 0.717) is 5.92 Å². The van der Waals surface area contributed by atoms with Crippen molar-refractivity contribution in [1.82, 2.24) is 25.4 Å². The van der Waals surface area contributed by atoms with Crippen LogP contribution in [0.25, 0.3) is 0 Å². The minimum absolute atomic E-state index is 0.472. The maximum atomic E-state index is 5.39. The van der Waals surface area contributed by atoms with Crippen molar-refractivity contribution in [3.8, 4) is 0 Å². The van der Waals surface area contributed by atoms with Gasteiger partial charge in [0, 0.05) is 38.5 Å². The molecular weight excluding hydrogens is 304 g/mol. The molecule has 0 unspecified atom stereocenters. The lowest BCUT2D eigenvalue weighted by Gasteiger charge is -2.33. The number of likely N-dealkylation sites (tertiary alicyclic amines) is 1. The number of rotatable bonds is 6. The molecule has 0 amide bonds. The highest BCUT2D eigenvalue weighted by atomic mass is 16.3. The molecule has 1 aliphatic rings. The third-order valence-electron chi connectivity index (χ3n) is 4.33. The average Bonchev–Trinajstić information content (AvgIpc) is 3.32. The number of piperidine rings is 1. The summed E-state index contributed by atoms with van der Waals surface area (Å²) >= 11 is 0. The number of aliphatic imine (C=N–C) groups is 1. The molecule has 7 heteroatoms. The molecule has 1 aliphatic heterocycles. The summed E-state index contributed by atoms with van der Waals surface area (Å²) in [5.41, 5.74) is 0. The van der Waals surface area contributed by atoms with Gasteiger partial charge in [-0.1, -0.05) is 6.92 Å². The van der Waals surface area contributed by atoms with E-state index in [4.69, 9.17) is 9.41 Å². The quantitative estimate of drug-likeness (QED) is 0.626. The fourth-order valence-corrected chi connectivity index (χ4v) is 3.01. The van der Waals surface area contributed by atoms with E-state index >= 15 is 0 Å². The van der Waals surface area contributed by atoms with Crippen molar-refractivity contribution in [3.05, 3.63) is 36.3 Å². The Morgan fingerprint density at radius 2 is 2.33 bits per heavy atom. The first-order valence-electron chi connectivity index (χ1n) is 8.77. The van der Waals surface area contributed by atoms with Crippen LogP contribution in [0, 0.1) is 0 Å². The number of nitrogens with zero attached hydrogens (tertiary/aromatic N) is 4. The molecule has 24 heavy (non-hydrogen) atoms. The molecule has 0 saturated carbocycles. The zero-order valence-electron chi connectivity index (χ0n) is 14.2. The van der Waals surface area contributed by atoms with Gasteiger partial charge in [0.05, 0.1) is 6.26 Å². The lowest BCUT2D eigenvalue weighted by atomic mass is 9.96. The second-order valence-corrected chi connectivity index (χ2v) is 6.09. The molecule has 0 spiro atoms. The van der Waals surface area contributed by atoms with E-state index in [1.54, 1.807) is 12.6 Å². The van der Waals surface area contributed by atoms with Crippen molar-refractivity contribution in [3.63, 3.8) is 0 Å². The van der Waals surface area contributed by atoms with Gasteiger partial charge in [-0.15, -0.1) is 0 Å². The van der Waals surface area contributed by atoms with Gasteiger partial charge in [0.2, 0.25) is 0 Å². The summed E-state index contributed by atoms with van der Waals surface area (Å²) in [7, 11) is 0. The molecule has 0 radical (unpaired) electrons. The van der Waals surface area contributed by atoms with Crippen LogP contribution < -0.4 is 5.32 Å². The van der Waals surface area contributed by atoms with E-state index in [1.165, 1.54) is 0 Å². The van der Waals surface area contributed by atoms with Crippen LogP contribution in [-0.4, -0.2) is 52.2 Å². The van der Waals surface area contributed by atoms with Crippen molar-refractivity contribution < 1.29 is 4.42 Å². The number of aromatic amines is 1. The second-order valence-electron chi connectivity index (χ2n) is 6.09. The number of hydrogen-bond acceptors (Lipinski definition) is 4. The summed E-state index contributed by atoms with van der Waals surface area (Å²) in [5, 5.41) is 10.5. The Bertz CT molecular complexity index is 599. The third-order valence-corrected chi connectivity index (χ3v) is 4.33. The van der Waals surface area contributed by atoms with Gasteiger partial charge in [-0.3, -0.25) is 10.1 Å². The van der Waals surface area contributed by atoms with E-state index in [0.717, 1.165) is 69.4 Å². The number of furan rings is 1. The first-order chi connectivity index (χ1) is 11.9. The normalized spacial score (nSPS) is 16.5. The molecule has 7 nitrogen and oxygen atoms in total. The zero-order valence-corrected chi connectivity index (χ0v) is 14.2. The van der Waals surface area contributed by atoms with Crippen LogP contribution in [0.3, 0.4) is 0 Å². The number of nitrogens with one attached hydrogen (secondary N) is 2. The van der Waals surface area contributed by atoms with Crippen molar-refractivity contribution in [1.29, 1.82) is 0 Å². The van der Waals surface area contributed by atoms with Crippen LogP contribution >= 0.6 is 0 Å². The Kier molecular flexibility index (Phi) is 5.87. The highest BCUT2D eigenvalue weighted by molar-refractivity contribution is 5.80. The van der Waals surface area contributed by atoms with Gasteiger partial charge in [0.1, 0.15) is 17.9 Å². The summed E-state index contributed by atoms with van der Waals surface area (Å²) in [4.78, 5) is 11.4. The fourth-order valence-electron chi connectivity index (χ4n) is 3.01. The summed E-state index contributed by atoms with van der Waals surface area (Å²) in [6, 6.07) is 3.93. The molecule has 3 rings (SSSR count). The first kappa shape index (κ1) is 16.5. The number of guanidine groups is 1. The Morgan fingerprint density at radius 3 is 3.00 bits per heavy atom. The van der Waals surface area contributed by atoms with Crippen LogP contribution in [-0.2, 0) is 6.42 Å². The number of aromatic nitrogens is 3. The molecule has 2 aromatic rings. The van der Waals surface area contributed by atoms with E-state index in [9.17, 15) is 0 Å². The standard InChI is InChI=1S/C17H26N6O/c1-2-8-18-17(19-9-5-15-4-3-12-24-15)23-10-6-14(7-11-23)16-20-13-21-22-16/h3-4,12-14H,2,5-11H2,1H3,(H,18,19)(H,20,21,22). The number of hydrogen-bond donors (Lipinski definition) is 2. The summed E-state index contributed by atoms with van der Waals surface area (Å²) < 4.78 is 5.39. The lowest BCUT2D eigenvalue weighted by Crippen LogP contribution is -2.46. The van der Waals surface area contributed by atoms with E-state index in [-0.39, 0.29) is 0 Å². The van der Waals surface area contributed by atoms with Gasteiger partial charge in [-0.05, 0) is 31.4 Å². The molecule has 1 fully saturated rings.